The predicted octanol–water partition coefficient (Wildman–Crippen LogP) is 2.60. The van der Waals surface area contributed by atoms with Gasteiger partial charge in [-0.15, -0.1) is 11.3 Å². The van der Waals surface area contributed by atoms with Crippen LogP contribution in [0.5, 0.6) is 0 Å². The molecular weight excluding hydrogens is 244 g/mol. The number of thiazole rings is 1. The number of carbonyl (C=O) groups is 1. The van der Waals surface area contributed by atoms with Gasteiger partial charge in [0.05, 0.1) is 7.11 Å². The molecule has 0 aromatic carbocycles. The molecule has 0 saturated carbocycles. The van der Waals surface area contributed by atoms with Crippen molar-refractivity contribution in [2.24, 2.45) is 0 Å². The molecule has 0 aliphatic rings. The highest BCUT2D eigenvalue weighted by Gasteiger charge is 2.10. The number of methoxy groups -OCH3 is 1. The zero-order valence-corrected chi connectivity index (χ0v) is 10.2. The average Bonchev–Trinajstić information content (AvgIpc) is 2.96. The van der Waals surface area contributed by atoms with Crippen LogP contribution in [-0.2, 0) is 11.3 Å². The zero-order valence-electron chi connectivity index (χ0n) is 8.60. The Morgan fingerprint density at radius 3 is 3.12 bits per heavy atom. The van der Waals surface area contributed by atoms with Crippen molar-refractivity contribution in [1.82, 2.24) is 4.98 Å². The lowest BCUT2D eigenvalue weighted by atomic mass is 10.3. The SMILES string of the molecule is COC(=O)c1csc(NCc2ccsc2)n1. The Labute approximate surface area is 101 Å². The van der Waals surface area contributed by atoms with Crippen molar-refractivity contribution in [3.8, 4) is 0 Å². The van der Waals surface area contributed by atoms with Crippen molar-refractivity contribution in [1.29, 1.82) is 0 Å². The third-order valence-corrected chi connectivity index (χ3v) is 3.45. The molecule has 0 aliphatic heterocycles. The summed E-state index contributed by atoms with van der Waals surface area (Å²) in [6.07, 6.45) is 0. The van der Waals surface area contributed by atoms with Crippen LogP contribution in [0.15, 0.2) is 22.2 Å². The van der Waals surface area contributed by atoms with E-state index in [2.05, 4.69) is 20.4 Å². The summed E-state index contributed by atoms with van der Waals surface area (Å²) in [5.74, 6) is -0.403. The van der Waals surface area contributed by atoms with Gasteiger partial charge in [0.1, 0.15) is 0 Å². The molecule has 0 bridgehead atoms. The Morgan fingerprint density at radius 2 is 2.44 bits per heavy atom. The number of hydrogen-bond acceptors (Lipinski definition) is 6. The third-order valence-electron chi connectivity index (χ3n) is 1.92. The number of nitrogens with one attached hydrogen (secondary N) is 1. The highest BCUT2D eigenvalue weighted by atomic mass is 32.1. The molecule has 0 atom stereocenters. The van der Waals surface area contributed by atoms with Crippen LogP contribution < -0.4 is 5.32 Å². The molecular formula is C10H10N2O2S2. The molecule has 2 aromatic heterocycles. The van der Waals surface area contributed by atoms with Gasteiger partial charge in [0.15, 0.2) is 10.8 Å². The smallest absolute Gasteiger partial charge is 0.357 e. The number of hydrogen-bond donors (Lipinski definition) is 1. The number of carbonyl (C=O) groups excluding carboxylic acids is 1. The standard InChI is InChI=1S/C10H10N2O2S2/c1-14-9(13)8-6-16-10(12-8)11-4-7-2-3-15-5-7/h2-3,5-6H,4H2,1H3,(H,11,12). The van der Waals surface area contributed by atoms with E-state index < -0.39 is 5.97 Å². The van der Waals surface area contributed by atoms with Crippen molar-refractivity contribution in [2.75, 3.05) is 12.4 Å². The fourth-order valence-corrected chi connectivity index (χ4v) is 2.47. The molecule has 0 saturated heterocycles. The number of anilines is 1. The van der Waals surface area contributed by atoms with E-state index in [0.717, 1.165) is 11.7 Å². The van der Waals surface area contributed by atoms with E-state index in [1.807, 2.05) is 11.4 Å². The highest BCUT2D eigenvalue weighted by Crippen LogP contribution is 2.17. The number of aromatic nitrogens is 1. The maximum Gasteiger partial charge on any atom is 0.357 e. The first-order valence-corrected chi connectivity index (χ1v) is 6.40. The van der Waals surface area contributed by atoms with Gasteiger partial charge >= 0.3 is 5.97 Å². The van der Waals surface area contributed by atoms with Crippen LogP contribution in [0, 0.1) is 0 Å². The molecule has 0 unspecified atom stereocenters. The number of nitrogens with zero attached hydrogens (tertiary/aromatic N) is 1. The molecule has 16 heavy (non-hydrogen) atoms. The van der Waals surface area contributed by atoms with Crippen LogP contribution in [0.2, 0.25) is 0 Å². The summed E-state index contributed by atoms with van der Waals surface area (Å²) in [5.41, 5.74) is 1.56. The normalized spacial score (nSPS) is 10.1. The van der Waals surface area contributed by atoms with Crippen molar-refractivity contribution in [2.45, 2.75) is 6.54 Å². The van der Waals surface area contributed by atoms with E-state index in [1.54, 1.807) is 16.7 Å². The Kier molecular flexibility index (Phi) is 3.53. The second-order valence-electron chi connectivity index (χ2n) is 3.01. The predicted molar refractivity (Wildman–Crippen MR) is 65.1 cm³/mol. The molecule has 0 radical (unpaired) electrons. The monoisotopic (exact) mass is 254 g/mol. The van der Waals surface area contributed by atoms with Gasteiger partial charge < -0.3 is 10.1 Å². The highest BCUT2D eigenvalue weighted by molar-refractivity contribution is 7.13. The van der Waals surface area contributed by atoms with Crippen LogP contribution in [0.25, 0.3) is 0 Å². The molecule has 4 nitrogen and oxygen atoms in total. The third kappa shape index (κ3) is 2.59. The van der Waals surface area contributed by atoms with Gasteiger partial charge in [-0.25, -0.2) is 9.78 Å². The number of esters is 1. The second kappa shape index (κ2) is 5.09. The van der Waals surface area contributed by atoms with E-state index >= 15 is 0 Å². The molecule has 1 N–H and O–H groups in total. The van der Waals surface area contributed by atoms with Crippen molar-refractivity contribution >= 4 is 33.8 Å². The summed E-state index contributed by atoms with van der Waals surface area (Å²) in [4.78, 5) is 15.3. The summed E-state index contributed by atoms with van der Waals surface area (Å²) < 4.78 is 4.58. The van der Waals surface area contributed by atoms with Crippen LogP contribution >= 0.6 is 22.7 Å². The van der Waals surface area contributed by atoms with Gasteiger partial charge in [0.25, 0.3) is 0 Å². The maximum atomic E-state index is 11.2. The fraction of sp³-hybridized carbons (Fsp3) is 0.200. The van der Waals surface area contributed by atoms with E-state index in [-0.39, 0.29) is 0 Å². The second-order valence-corrected chi connectivity index (χ2v) is 4.65. The van der Waals surface area contributed by atoms with Crippen molar-refractivity contribution < 1.29 is 9.53 Å². The summed E-state index contributed by atoms with van der Waals surface area (Å²) >= 11 is 3.05. The molecule has 6 heteroatoms. The quantitative estimate of drug-likeness (QED) is 0.852. The van der Waals surface area contributed by atoms with Crippen LogP contribution in [0.1, 0.15) is 16.1 Å². The fourth-order valence-electron chi connectivity index (χ4n) is 1.12. The number of ether oxygens (including phenoxy) is 1. The molecule has 2 aromatic rings. The Hall–Kier alpha value is -1.40. The topological polar surface area (TPSA) is 51.2 Å². The summed E-state index contributed by atoms with van der Waals surface area (Å²) in [7, 11) is 1.35. The molecule has 2 heterocycles. The van der Waals surface area contributed by atoms with E-state index in [1.165, 1.54) is 24.0 Å². The van der Waals surface area contributed by atoms with Gasteiger partial charge in [-0.1, -0.05) is 0 Å². The Bertz CT molecular complexity index is 465. The van der Waals surface area contributed by atoms with Crippen LogP contribution in [0.3, 0.4) is 0 Å². The largest absolute Gasteiger partial charge is 0.464 e. The zero-order chi connectivity index (χ0) is 11.4. The molecule has 0 amide bonds. The minimum Gasteiger partial charge on any atom is -0.464 e. The van der Waals surface area contributed by atoms with E-state index in [0.29, 0.717) is 5.69 Å². The van der Waals surface area contributed by atoms with Gasteiger partial charge in [-0.3, -0.25) is 0 Å². The van der Waals surface area contributed by atoms with E-state index in [9.17, 15) is 4.79 Å². The van der Waals surface area contributed by atoms with Gasteiger partial charge in [-0.05, 0) is 22.4 Å². The van der Waals surface area contributed by atoms with Gasteiger partial charge in [0, 0.05) is 11.9 Å². The number of thiophene rings is 1. The molecule has 0 aliphatic carbocycles. The first-order chi connectivity index (χ1) is 7.79. The lowest BCUT2D eigenvalue weighted by Crippen LogP contribution is -2.02. The van der Waals surface area contributed by atoms with Gasteiger partial charge in [0.2, 0.25) is 0 Å². The lowest BCUT2D eigenvalue weighted by Gasteiger charge is -1.98. The van der Waals surface area contributed by atoms with Crippen molar-refractivity contribution in [3.63, 3.8) is 0 Å². The first-order valence-electron chi connectivity index (χ1n) is 4.58. The van der Waals surface area contributed by atoms with Gasteiger partial charge in [-0.2, -0.15) is 11.3 Å². The minimum absolute atomic E-state index is 0.348. The number of rotatable bonds is 4. The van der Waals surface area contributed by atoms with Crippen molar-refractivity contribution in [3.05, 3.63) is 33.5 Å². The average molecular weight is 254 g/mol. The first kappa shape index (κ1) is 11.1. The lowest BCUT2D eigenvalue weighted by molar-refractivity contribution is 0.0595. The molecule has 2 rings (SSSR count). The molecule has 0 spiro atoms. The molecule has 84 valence electrons. The van der Waals surface area contributed by atoms with E-state index in [4.69, 9.17) is 0 Å². The summed E-state index contributed by atoms with van der Waals surface area (Å²) in [5, 5.41) is 9.66. The maximum absolute atomic E-state index is 11.2. The molecule has 0 fully saturated rings. The Morgan fingerprint density at radius 1 is 1.56 bits per heavy atom. The Balaban J connectivity index is 1.95. The van der Waals surface area contributed by atoms with Crippen LogP contribution in [0.4, 0.5) is 5.13 Å². The summed E-state index contributed by atoms with van der Waals surface area (Å²) in [6.45, 7) is 0.720. The minimum atomic E-state index is -0.403. The summed E-state index contributed by atoms with van der Waals surface area (Å²) in [6, 6.07) is 2.05. The van der Waals surface area contributed by atoms with Crippen LogP contribution in [-0.4, -0.2) is 18.1 Å².